The fourth-order valence-electron chi connectivity index (χ4n) is 1.29. The fourth-order valence-corrected chi connectivity index (χ4v) is 1.29. The van der Waals surface area contributed by atoms with Gasteiger partial charge in [0.05, 0.1) is 0 Å². The first kappa shape index (κ1) is 14.4. The molecular formula is C14H26OZr. The SMILES string of the molecule is [2H]/C([CH-]C([2H])CCC)=C(/[CH-]OC)CCCCC.[Zr+2]. The van der Waals surface area contributed by atoms with Crippen molar-refractivity contribution in [2.75, 3.05) is 7.11 Å². The zero-order valence-corrected chi connectivity index (χ0v) is 13.3. The van der Waals surface area contributed by atoms with Gasteiger partial charge >= 0.3 is 26.2 Å². The number of unbranched alkanes of at least 4 members (excludes halogenated alkanes) is 2. The molecule has 0 aliphatic heterocycles. The van der Waals surface area contributed by atoms with E-state index in [4.69, 9.17) is 7.48 Å². The maximum Gasteiger partial charge on any atom is 2.00 e. The van der Waals surface area contributed by atoms with Crippen molar-refractivity contribution in [2.24, 2.45) is 0 Å². The average Bonchev–Trinajstić information content (AvgIpc) is 2.28. The Hall–Kier alpha value is 0.323. The van der Waals surface area contributed by atoms with Crippen LogP contribution in [0.2, 0.25) is 0 Å². The average molecular weight is 304 g/mol. The van der Waals surface area contributed by atoms with Crippen molar-refractivity contribution < 1.29 is 33.7 Å². The molecule has 1 unspecified atom stereocenters. The molecule has 0 aromatic rings. The third-order valence-electron chi connectivity index (χ3n) is 2.15. The van der Waals surface area contributed by atoms with Gasteiger partial charge in [0.15, 0.2) is 0 Å². The molecule has 2 heteroatoms. The minimum atomic E-state index is -0.265. The van der Waals surface area contributed by atoms with Crippen LogP contribution in [0.15, 0.2) is 11.6 Å². The third kappa shape index (κ3) is 12.4. The van der Waals surface area contributed by atoms with Crippen LogP contribution in [0.5, 0.6) is 0 Å². The van der Waals surface area contributed by atoms with Crippen molar-refractivity contribution in [1.82, 2.24) is 0 Å². The van der Waals surface area contributed by atoms with Gasteiger partial charge in [-0.25, -0.2) is 0 Å². The van der Waals surface area contributed by atoms with Crippen molar-refractivity contribution in [1.29, 1.82) is 0 Å². The van der Waals surface area contributed by atoms with Crippen molar-refractivity contribution in [2.45, 2.75) is 58.8 Å². The number of rotatable bonds is 10. The van der Waals surface area contributed by atoms with Crippen molar-refractivity contribution in [3.8, 4) is 0 Å². The van der Waals surface area contributed by atoms with E-state index < -0.39 is 0 Å². The van der Waals surface area contributed by atoms with Gasteiger partial charge in [0.1, 0.15) is 0 Å². The van der Waals surface area contributed by atoms with Gasteiger partial charge < -0.3 is 22.8 Å². The molecule has 16 heavy (non-hydrogen) atoms. The van der Waals surface area contributed by atoms with Crippen molar-refractivity contribution in [3.63, 3.8) is 0 Å². The summed E-state index contributed by atoms with van der Waals surface area (Å²) in [5.41, 5.74) is 0.911. The van der Waals surface area contributed by atoms with E-state index in [-0.39, 0.29) is 32.6 Å². The Morgan fingerprint density at radius 1 is 1.31 bits per heavy atom. The Kier molecular flexibility index (Phi) is 13.8. The fraction of sp³-hybridized carbons (Fsp3) is 0.714. The normalized spacial score (nSPS) is 15.2. The van der Waals surface area contributed by atoms with Gasteiger partial charge in [-0.05, 0) is 0 Å². The summed E-state index contributed by atoms with van der Waals surface area (Å²) in [4.78, 5) is 0. The van der Waals surface area contributed by atoms with Crippen LogP contribution in [0.4, 0.5) is 0 Å². The zero-order chi connectivity index (χ0) is 13.1. The summed E-state index contributed by atoms with van der Waals surface area (Å²) in [5.74, 6) is 0. The predicted octanol–water partition coefficient (Wildman–Crippen LogP) is 4.69. The Morgan fingerprint density at radius 3 is 2.56 bits per heavy atom. The smallest absolute Gasteiger partial charge is 0.463 e. The first-order valence-electron chi connectivity index (χ1n) is 7.06. The second-order valence-corrected chi connectivity index (χ2v) is 3.67. The van der Waals surface area contributed by atoms with E-state index in [1.165, 1.54) is 12.8 Å². The number of methoxy groups -OCH3 is 1. The number of allylic oxidation sites excluding steroid dienone is 1. The molecule has 0 spiro atoms. The van der Waals surface area contributed by atoms with E-state index in [0.717, 1.165) is 31.3 Å². The molecular weight excluding hydrogens is 275 g/mol. The van der Waals surface area contributed by atoms with Gasteiger partial charge in [0.25, 0.3) is 0 Å². The maximum atomic E-state index is 7.97. The van der Waals surface area contributed by atoms with Gasteiger partial charge in [-0.1, -0.05) is 46.0 Å². The van der Waals surface area contributed by atoms with Crippen LogP contribution in [-0.4, -0.2) is 7.11 Å². The first-order valence-corrected chi connectivity index (χ1v) is 5.98. The monoisotopic (exact) mass is 302 g/mol. The van der Waals surface area contributed by atoms with Crippen LogP contribution < -0.4 is 0 Å². The summed E-state index contributed by atoms with van der Waals surface area (Å²) in [6.07, 6.45) is 7.56. The second kappa shape index (κ2) is 15.3. The Labute approximate surface area is 124 Å². The molecule has 1 atom stereocenters. The third-order valence-corrected chi connectivity index (χ3v) is 2.15. The molecule has 92 valence electrons. The van der Waals surface area contributed by atoms with Crippen LogP contribution in [-0.2, 0) is 30.9 Å². The molecule has 0 aliphatic carbocycles. The summed E-state index contributed by atoms with van der Waals surface area (Å²) < 4.78 is 20.8. The molecule has 0 saturated carbocycles. The molecule has 0 aromatic carbocycles. The molecule has 0 heterocycles. The van der Waals surface area contributed by atoms with E-state index in [0.29, 0.717) is 6.05 Å². The molecule has 0 amide bonds. The largest absolute Gasteiger partial charge is 2.00 e. The molecule has 0 aliphatic rings. The molecule has 0 radical (unpaired) electrons. The van der Waals surface area contributed by atoms with Crippen molar-refractivity contribution >= 4 is 0 Å². The van der Waals surface area contributed by atoms with Crippen LogP contribution in [0.25, 0.3) is 0 Å². The molecule has 0 saturated heterocycles. The molecule has 0 bridgehead atoms. The molecule has 0 aromatic heterocycles. The standard InChI is InChI=1S/C14H26O.Zr/c1-4-6-8-10-12-14(13-15-3)11-9-7-5-2;/h10,12-13H,4-9,11H2,1-3H3;/q-2;+2/b14-12-;/i8D,12D;. The summed E-state index contributed by atoms with van der Waals surface area (Å²) in [6.45, 7) is 5.87. The Bertz CT molecular complexity index is 220. The van der Waals surface area contributed by atoms with Crippen molar-refractivity contribution in [3.05, 3.63) is 24.7 Å². The zero-order valence-electron chi connectivity index (χ0n) is 12.9. The molecule has 1 nitrogen and oxygen atoms in total. The van der Waals surface area contributed by atoms with Crippen LogP contribution >= 0.6 is 0 Å². The number of hydrogen-bond acceptors (Lipinski definition) is 1. The van der Waals surface area contributed by atoms with E-state index in [1.807, 2.05) is 0 Å². The second-order valence-electron chi connectivity index (χ2n) is 3.67. The quantitative estimate of drug-likeness (QED) is 0.420. The summed E-state index contributed by atoms with van der Waals surface area (Å²) in [7, 11) is 1.61. The van der Waals surface area contributed by atoms with Gasteiger partial charge in [0.2, 0.25) is 0 Å². The van der Waals surface area contributed by atoms with Crippen LogP contribution in [0.3, 0.4) is 0 Å². The number of hydrogen-bond donors (Lipinski definition) is 0. The van der Waals surface area contributed by atoms with Crippen LogP contribution in [0, 0.1) is 13.0 Å². The molecule has 0 fully saturated rings. The van der Waals surface area contributed by atoms with Gasteiger partial charge in [-0.3, -0.25) is 0 Å². The predicted molar refractivity (Wildman–Crippen MR) is 67.4 cm³/mol. The number of ether oxygens (including phenoxy) is 1. The van der Waals surface area contributed by atoms with E-state index in [9.17, 15) is 0 Å². The first-order chi connectivity index (χ1) is 8.15. The topological polar surface area (TPSA) is 9.23 Å². The summed E-state index contributed by atoms with van der Waals surface area (Å²) in [5, 5.41) is 0. The minimum Gasteiger partial charge on any atom is -0.463 e. The van der Waals surface area contributed by atoms with E-state index in [1.54, 1.807) is 20.1 Å². The molecule has 0 N–H and O–H groups in total. The summed E-state index contributed by atoms with van der Waals surface area (Å²) in [6, 6.07) is 0.455. The maximum absolute atomic E-state index is 7.97. The van der Waals surface area contributed by atoms with Crippen LogP contribution in [0.1, 0.15) is 61.5 Å². The van der Waals surface area contributed by atoms with Gasteiger partial charge in [-0.15, -0.1) is 14.2 Å². The Balaban J connectivity index is 0. The van der Waals surface area contributed by atoms with E-state index >= 15 is 0 Å². The van der Waals surface area contributed by atoms with E-state index in [2.05, 4.69) is 13.8 Å². The van der Waals surface area contributed by atoms with Gasteiger partial charge in [0, 0.05) is 8.48 Å². The minimum absolute atomic E-state index is 0. The Morgan fingerprint density at radius 2 is 2.00 bits per heavy atom. The summed E-state index contributed by atoms with van der Waals surface area (Å²) >= 11 is 0. The molecule has 0 rings (SSSR count). The van der Waals surface area contributed by atoms with Gasteiger partial charge in [-0.2, -0.15) is 6.61 Å².